The van der Waals surface area contributed by atoms with Gasteiger partial charge in [-0.05, 0) is 109 Å². The number of carbonyl (C=O) groups excluding carboxylic acids is 2. The average Bonchev–Trinajstić information content (AvgIpc) is 3.65. The van der Waals surface area contributed by atoms with Crippen LogP contribution in [0.3, 0.4) is 0 Å². The summed E-state index contributed by atoms with van der Waals surface area (Å²) in [6, 6.07) is 19.9. The van der Waals surface area contributed by atoms with Crippen LogP contribution in [0.1, 0.15) is 70.7 Å². The summed E-state index contributed by atoms with van der Waals surface area (Å²) in [5.74, 6) is 0.559. The summed E-state index contributed by atoms with van der Waals surface area (Å²) in [5, 5.41) is 29.5. The van der Waals surface area contributed by atoms with E-state index in [1.165, 1.54) is 12.1 Å². The van der Waals surface area contributed by atoms with Gasteiger partial charge in [0, 0.05) is 48.3 Å². The number of nitrogens with zero attached hydrogens (tertiary/aromatic N) is 6. The van der Waals surface area contributed by atoms with Crippen molar-refractivity contribution >= 4 is 51.4 Å². The van der Waals surface area contributed by atoms with E-state index in [1.54, 1.807) is 12.1 Å². The SMILES string of the molecule is O=C(Nc1ccc2c(c1)CCC(=O)N2CC1(Cc2nn[nH]n2)CC1)c1c2c(nc3ccccc13)/C(=C\c1ccc([N+](=O)[O-])cc1)CCC2. The standard InChI is InChI=1S/C36H32N8O4/c45-32-15-10-23-19-25(11-14-30(23)43(32)21-36(16-17-36)20-31-39-41-42-40-31)37-35(46)33-27-5-1-2-7-29(27)38-34-24(4-3-6-28(33)34)18-22-8-12-26(13-9-22)44(47)48/h1-2,5,7-9,11-14,18-19H,3-4,6,10,15-17,20-21H2,(H,37,46)(H,39,40,41,42)/b24-18-. The zero-order valence-corrected chi connectivity index (χ0v) is 26.1. The highest BCUT2D eigenvalue weighted by atomic mass is 16.6. The van der Waals surface area contributed by atoms with Gasteiger partial charge in [0.2, 0.25) is 5.91 Å². The van der Waals surface area contributed by atoms with Gasteiger partial charge < -0.3 is 10.2 Å². The van der Waals surface area contributed by atoms with E-state index in [9.17, 15) is 19.7 Å². The third kappa shape index (κ3) is 5.59. The molecular formula is C36H32N8O4. The number of aromatic amines is 1. The summed E-state index contributed by atoms with van der Waals surface area (Å²) in [5.41, 5.74) is 7.44. The largest absolute Gasteiger partial charge is 0.322 e. The Hall–Kier alpha value is -5.78. The number of fused-ring (bicyclic) bond motifs is 3. The van der Waals surface area contributed by atoms with Gasteiger partial charge in [0.1, 0.15) is 0 Å². The van der Waals surface area contributed by atoms with Crippen LogP contribution in [0.15, 0.2) is 66.7 Å². The number of nitro groups is 1. The van der Waals surface area contributed by atoms with E-state index < -0.39 is 4.92 Å². The molecule has 0 bridgehead atoms. The van der Waals surface area contributed by atoms with E-state index in [-0.39, 0.29) is 22.9 Å². The number of para-hydroxylation sites is 1. The van der Waals surface area contributed by atoms with Crippen molar-refractivity contribution in [1.82, 2.24) is 25.6 Å². The Morgan fingerprint density at radius 1 is 1.04 bits per heavy atom. The minimum Gasteiger partial charge on any atom is -0.322 e. The molecule has 0 radical (unpaired) electrons. The van der Waals surface area contributed by atoms with Crippen LogP contribution in [-0.4, -0.2) is 48.9 Å². The number of pyridine rings is 1. The van der Waals surface area contributed by atoms with Crippen molar-refractivity contribution < 1.29 is 14.5 Å². The van der Waals surface area contributed by atoms with Crippen molar-refractivity contribution in [2.24, 2.45) is 5.41 Å². The summed E-state index contributed by atoms with van der Waals surface area (Å²) in [7, 11) is 0. The molecule has 3 heterocycles. The highest BCUT2D eigenvalue weighted by molar-refractivity contribution is 6.14. The highest BCUT2D eigenvalue weighted by Crippen LogP contribution is 2.50. The van der Waals surface area contributed by atoms with E-state index in [2.05, 4.69) is 25.9 Å². The third-order valence-corrected chi connectivity index (χ3v) is 9.75. The van der Waals surface area contributed by atoms with Crippen molar-refractivity contribution in [3.05, 3.63) is 111 Å². The van der Waals surface area contributed by atoms with Crippen LogP contribution in [0.2, 0.25) is 0 Å². The molecule has 12 heteroatoms. The number of aryl methyl sites for hydroxylation is 1. The van der Waals surface area contributed by atoms with Crippen molar-refractivity contribution in [3.63, 3.8) is 0 Å². The normalized spacial score (nSPS) is 17.2. The molecular weight excluding hydrogens is 608 g/mol. The number of hydrogen-bond acceptors (Lipinski definition) is 8. The van der Waals surface area contributed by atoms with Gasteiger partial charge >= 0.3 is 0 Å². The maximum Gasteiger partial charge on any atom is 0.269 e. The van der Waals surface area contributed by atoms with Gasteiger partial charge in [-0.1, -0.05) is 23.4 Å². The number of aromatic nitrogens is 5. The Balaban J connectivity index is 1.09. The minimum atomic E-state index is -0.410. The fourth-order valence-corrected chi connectivity index (χ4v) is 7.13. The number of nitro benzene ring substituents is 1. The second kappa shape index (κ2) is 11.8. The molecule has 3 aliphatic rings. The highest BCUT2D eigenvalue weighted by Gasteiger charge is 2.46. The summed E-state index contributed by atoms with van der Waals surface area (Å²) in [4.78, 5) is 45.0. The Morgan fingerprint density at radius 3 is 2.65 bits per heavy atom. The van der Waals surface area contributed by atoms with Gasteiger partial charge in [-0.2, -0.15) is 5.21 Å². The first-order chi connectivity index (χ1) is 23.4. The number of tetrazole rings is 1. The number of hydrogen-bond donors (Lipinski definition) is 2. The van der Waals surface area contributed by atoms with Gasteiger partial charge in [0.15, 0.2) is 5.82 Å². The molecule has 2 aromatic heterocycles. The van der Waals surface area contributed by atoms with Crippen LogP contribution in [0.5, 0.6) is 0 Å². The lowest BCUT2D eigenvalue weighted by Gasteiger charge is -2.33. The summed E-state index contributed by atoms with van der Waals surface area (Å²) in [6.07, 6.45) is 8.05. The van der Waals surface area contributed by atoms with Gasteiger partial charge in [-0.15, -0.1) is 10.2 Å². The lowest BCUT2D eigenvalue weighted by atomic mass is 9.85. The Morgan fingerprint density at radius 2 is 1.88 bits per heavy atom. The van der Waals surface area contributed by atoms with Crippen LogP contribution in [0.4, 0.5) is 17.1 Å². The number of amides is 2. The second-order valence-electron chi connectivity index (χ2n) is 13.0. The zero-order chi connectivity index (χ0) is 32.8. The third-order valence-electron chi connectivity index (χ3n) is 9.75. The molecule has 0 saturated heterocycles. The van der Waals surface area contributed by atoms with E-state index >= 15 is 0 Å². The number of allylic oxidation sites excluding steroid dienone is 1. The van der Waals surface area contributed by atoms with Gasteiger partial charge in [0.25, 0.3) is 11.6 Å². The number of rotatable bonds is 8. The molecule has 1 saturated carbocycles. The van der Waals surface area contributed by atoms with Crippen LogP contribution < -0.4 is 10.2 Å². The fourth-order valence-electron chi connectivity index (χ4n) is 7.13. The molecule has 48 heavy (non-hydrogen) atoms. The zero-order valence-electron chi connectivity index (χ0n) is 26.1. The first-order valence-corrected chi connectivity index (χ1v) is 16.2. The molecule has 240 valence electrons. The predicted molar refractivity (Wildman–Crippen MR) is 180 cm³/mol. The van der Waals surface area contributed by atoms with Crippen LogP contribution in [0, 0.1) is 15.5 Å². The lowest BCUT2D eigenvalue weighted by Crippen LogP contribution is -2.40. The molecule has 12 nitrogen and oxygen atoms in total. The van der Waals surface area contributed by atoms with Gasteiger partial charge in [-0.25, -0.2) is 4.98 Å². The molecule has 8 rings (SSSR count). The van der Waals surface area contributed by atoms with Gasteiger partial charge in [0.05, 0.1) is 21.7 Å². The molecule has 1 aliphatic heterocycles. The molecule has 1 fully saturated rings. The van der Waals surface area contributed by atoms with Crippen LogP contribution in [-0.2, 0) is 24.1 Å². The topological polar surface area (TPSA) is 160 Å². The summed E-state index contributed by atoms with van der Waals surface area (Å²) in [6.45, 7) is 0.601. The minimum absolute atomic E-state index is 0.0399. The first kappa shape index (κ1) is 29.6. The molecule has 5 aromatic rings. The van der Waals surface area contributed by atoms with E-state index in [0.717, 1.165) is 70.2 Å². The van der Waals surface area contributed by atoms with Crippen molar-refractivity contribution in [1.29, 1.82) is 0 Å². The maximum atomic E-state index is 14.2. The number of benzene rings is 3. The van der Waals surface area contributed by atoms with E-state index in [0.29, 0.717) is 49.3 Å². The number of non-ortho nitro benzene ring substituents is 1. The van der Waals surface area contributed by atoms with Crippen LogP contribution in [0.25, 0.3) is 22.6 Å². The molecule has 0 spiro atoms. The van der Waals surface area contributed by atoms with Crippen molar-refractivity contribution in [3.8, 4) is 0 Å². The first-order valence-electron chi connectivity index (χ1n) is 16.2. The number of H-pyrrole nitrogens is 1. The molecule has 3 aromatic carbocycles. The van der Waals surface area contributed by atoms with Crippen LogP contribution >= 0.6 is 0 Å². The number of carbonyl (C=O) groups is 2. The lowest BCUT2D eigenvalue weighted by molar-refractivity contribution is -0.384. The predicted octanol–water partition coefficient (Wildman–Crippen LogP) is 6.09. The monoisotopic (exact) mass is 640 g/mol. The number of anilines is 2. The summed E-state index contributed by atoms with van der Waals surface area (Å²) < 4.78 is 0. The maximum absolute atomic E-state index is 14.2. The smallest absolute Gasteiger partial charge is 0.269 e. The molecule has 2 N–H and O–H groups in total. The molecule has 0 unspecified atom stereocenters. The Kier molecular flexibility index (Phi) is 7.27. The molecule has 2 aliphatic carbocycles. The second-order valence-corrected chi connectivity index (χ2v) is 13.0. The molecule has 0 atom stereocenters. The van der Waals surface area contributed by atoms with Gasteiger partial charge in [-0.3, -0.25) is 19.7 Å². The van der Waals surface area contributed by atoms with Crippen molar-refractivity contribution in [2.45, 2.75) is 51.4 Å². The quantitative estimate of drug-likeness (QED) is 0.152. The Labute approximate surface area is 275 Å². The summed E-state index contributed by atoms with van der Waals surface area (Å²) >= 11 is 0. The Bertz CT molecular complexity index is 2120. The van der Waals surface area contributed by atoms with E-state index in [4.69, 9.17) is 4.98 Å². The van der Waals surface area contributed by atoms with Crippen molar-refractivity contribution in [2.75, 3.05) is 16.8 Å². The fraction of sp³-hybridized carbons (Fsp3) is 0.278. The van der Waals surface area contributed by atoms with E-state index in [1.807, 2.05) is 53.4 Å². The number of nitrogens with one attached hydrogen (secondary N) is 2. The molecule has 2 amide bonds. The average molecular weight is 641 g/mol.